The maximum atomic E-state index is 11.7. The topological polar surface area (TPSA) is 226 Å². The number of benzene rings is 6. The van der Waals surface area contributed by atoms with Crippen LogP contribution >= 0.6 is 23.1 Å². The zero-order chi connectivity index (χ0) is 47.3. The average Bonchev–Trinajstić information content (AvgIpc) is 4.15. The fraction of sp³-hybridized carbons (Fsp3) is 0.120. The van der Waals surface area contributed by atoms with Gasteiger partial charge in [-0.1, -0.05) is 121 Å². The fourth-order valence-corrected chi connectivity index (χ4v) is 8.90. The second-order valence-electron chi connectivity index (χ2n) is 15.1. The Hall–Kier alpha value is -6.48. The molecule has 2 N–H and O–H groups in total. The number of hydrogen-bond acceptors (Lipinski definition) is 14. The van der Waals surface area contributed by atoms with Crippen LogP contribution in [0.15, 0.2) is 143 Å². The number of imidazole rings is 2. The number of carbonyl (C=O) groups is 2. The summed E-state index contributed by atoms with van der Waals surface area (Å²) in [6.45, 7) is 5.25. The van der Waals surface area contributed by atoms with Crippen molar-refractivity contribution in [2.45, 2.75) is 26.9 Å². The summed E-state index contributed by atoms with van der Waals surface area (Å²) in [5.41, 5.74) is 9.51. The zero-order valence-electron chi connectivity index (χ0n) is 38.3. The smallest absolute Gasteiger partial charge is 0.545 e. The Morgan fingerprint density at radius 1 is 0.514 bits per heavy atom. The molecular weight excluding hydrogens is 951 g/mol. The number of nitrogens with zero attached hydrogens (tertiary/aromatic N) is 6. The van der Waals surface area contributed by atoms with Crippen LogP contribution in [0, 0.1) is 0 Å². The van der Waals surface area contributed by atoms with Gasteiger partial charge >= 0.3 is 68.9 Å². The van der Waals surface area contributed by atoms with Crippen LogP contribution < -0.4 is 88.5 Å². The summed E-state index contributed by atoms with van der Waals surface area (Å²) in [5, 5.41) is 23.4. The summed E-state index contributed by atoms with van der Waals surface area (Å²) < 4.78 is 20.8. The third kappa shape index (κ3) is 10.9. The van der Waals surface area contributed by atoms with E-state index in [0.29, 0.717) is 72.0 Å². The van der Waals surface area contributed by atoms with Crippen LogP contribution in [-0.2, 0) is 13.1 Å². The SMILES string of the molecule is CCOc1nc2cccc(C(=O)[O-])c2n1Cc1ccc(-c2ccccc2-c2nc(=O)s[nH]2)cc1.CCOc1nc2cccc(C(=O)[O-])c2n1Cc1ccc(-c2ccccc2-c2nc(=O)s[nH]2)cc1.[Na+].[Na+]. The first-order valence-corrected chi connectivity index (χ1v) is 22.9. The predicted octanol–water partition coefficient (Wildman–Crippen LogP) is 0.659. The Kier molecular flexibility index (Phi) is 16.8. The summed E-state index contributed by atoms with van der Waals surface area (Å²) in [7, 11) is 0. The molecule has 0 aliphatic carbocycles. The number of ether oxygens (including phenoxy) is 2. The van der Waals surface area contributed by atoms with Crippen molar-refractivity contribution in [3.63, 3.8) is 0 Å². The number of para-hydroxylation sites is 2. The molecule has 70 heavy (non-hydrogen) atoms. The van der Waals surface area contributed by atoms with Crippen LogP contribution in [0.5, 0.6) is 12.0 Å². The molecule has 0 bridgehead atoms. The number of hydrogen-bond donors (Lipinski definition) is 2. The van der Waals surface area contributed by atoms with Crippen molar-refractivity contribution in [2.75, 3.05) is 13.2 Å². The van der Waals surface area contributed by atoms with Gasteiger partial charge in [0, 0.05) is 45.3 Å². The number of nitrogens with one attached hydrogen (secondary N) is 2. The van der Waals surface area contributed by atoms with Crippen molar-refractivity contribution in [2.24, 2.45) is 0 Å². The number of aromatic nitrogens is 8. The number of fused-ring (bicyclic) bond motifs is 2. The summed E-state index contributed by atoms with van der Waals surface area (Å²) in [6, 6.07) is 41.8. The summed E-state index contributed by atoms with van der Waals surface area (Å²) >= 11 is 1.92. The normalized spacial score (nSPS) is 10.8. The second-order valence-corrected chi connectivity index (χ2v) is 16.6. The van der Waals surface area contributed by atoms with E-state index in [4.69, 9.17) is 9.47 Å². The first-order valence-electron chi connectivity index (χ1n) is 21.2. The molecule has 0 saturated carbocycles. The molecule has 4 heterocycles. The van der Waals surface area contributed by atoms with Crippen LogP contribution in [0.4, 0.5) is 0 Å². The molecule has 4 aromatic heterocycles. The average molecular weight is 989 g/mol. The molecule has 6 aromatic carbocycles. The van der Waals surface area contributed by atoms with Crippen LogP contribution in [0.25, 0.3) is 67.1 Å². The molecule has 20 heteroatoms. The van der Waals surface area contributed by atoms with E-state index < -0.39 is 11.9 Å². The molecule has 340 valence electrons. The second kappa shape index (κ2) is 23.0. The zero-order valence-corrected chi connectivity index (χ0v) is 43.9. The molecule has 0 radical (unpaired) electrons. The van der Waals surface area contributed by atoms with Gasteiger partial charge in [0.25, 0.3) is 12.0 Å². The fourth-order valence-electron chi connectivity index (χ4n) is 7.95. The molecule has 16 nitrogen and oxygen atoms in total. The minimum atomic E-state index is -1.26. The Morgan fingerprint density at radius 2 is 0.886 bits per heavy atom. The monoisotopic (exact) mass is 988 g/mol. The van der Waals surface area contributed by atoms with E-state index in [9.17, 15) is 29.4 Å². The summed E-state index contributed by atoms with van der Waals surface area (Å²) in [5.74, 6) is -1.45. The predicted molar refractivity (Wildman–Crippen MR) is 256 cm³/mol. The van der Waals surface area contributed by atoms with Crippen molar-refractivity contribution in [3.8, 4) is 57.1 Å². The van der Waals surface area contributed by atoms with E-state index in [2.05, 4.69) is 28.7 Å². The minimum Gasteiger partial charge on any atom is -0.545 e. The quantitative estimate of drug-likeness (QED) is 0.143. The van der Waals surface area contributed by atoms with E-state index in [0.717, 1.165) is 67.6 Å². The number of rotatable bonds is 14. The summed E-state index contributed by atoms with van der Waals surface area (Å²) in [6.07, 6.45) is 0. The van der Waals surface area contributed by atoms with Gasteiger partial charge in [0.2, 0.25) is 0 Å². The van der Waals surface area contributed by atoms with E-state index >= 15 is 0 Å². The van der Waals surface area contributed by atoms with Gasteiger partial charge in [0.05, 0.1) is 60.3 Å². The van der Waals surface area contributed by atoms with Gasteiger partial charge in [-0.05, 0) is 59.4 Å². The van der Waals surface area contributed by atoms with E-state index in [1.54, 1.807) is 33.4 Å². The van der Waals surface area contributed by atoms with E-state index in [-0.39, 0.29) is 80.0 Å². The Bertz CT molecular complexity index is 3350. The van der Waals surface area contributed by atoms with E-state index in [1.807, 2.05) is 111 Å². The summed E-state index contributed by atoms with van der Waals surface area (Å²) in [4.78, 5) is 63.0. The van der Waals surface area contributed by atoms with Crippen molar-refractivity contribution in [1.29, 1.82) is 0 Å². The first kappa shape index (κ1) is 51.4. The number of carboxylic acids is 2. The third-order valence-electron chi connectivity index (χ3n) is 10.9. The number of carbonyl (C=O) groups excluding carboxylic acids is 2. The Balaban J connectivity index is 0.000000201. The van der Waals surface area contributed by atoms with Gasteiger partial charge in [-0.3, -0.25) is 27.5 Å². The largest absolute Gasteiger partial charge is 1.00 e. The molecule has 0 amide bonds. The molecule has 10 aromatic rings. The van der Waals surface area contributed by atoms with Gasteiger partial charge in [-0.15, -0.1) is 0 Å². The molecule has 0 aliphatic heterocycles. The molecule has 0 unspecified atom stereocenters. The Labute approximate surface area is 451 Å². The van der Waals surface area contributed by atoms with Crippen molar-refractivity contribution in [1.82, 2.24) is 37.8 Å². The standard InChI is InChI=1S/2C25H20N4O4S.2Na/c2*1-2-33-24-26-20-9-5-8-19(23(30)31)21(20)29(24)14-15-10-12-16(13-11-15)17-6-3-4-7-18(17)22-27-25(32)34-28-22;;/h2*3-13H,2,14H2,1H3,(H,30,31)(H,27,28,32);;/q;;2*+1/p-2. The Morgan fingerprint density at radius 3 is 1.21 bits per heavy atom. The molecule has 0 fully saturated rings. The van der Waals surface area contributed by atoms with E-state index in [1.165, 1.54) is 12.1 Å². The van der Waals surface area contributed by atoms with Crippen LogP contribution in [0.2, 0.25) is 0 Å². The maximum absolute atomic E-state index is 11.7. The van der Waals surface area contributed by atoms with Crippen LogP contribution in [-0.4, -0.2) is 63.0 Å². The minimum absolute atomic E-state index is 0. The van der Waals surface area contributed by atoms with Gasteiger partial charge in [-0.25, -0.2) is 0 Å². The third-order valence-corrected chi connectivity index (χ3v) is 12.0. The number of aromatic amines is 2. The van der Waals surface area contributed by atoms with Crippen molar-refractivity contribution < 1.29 is 88.4 Å². The van der Waals surface area contributed by atoms with Crippen LogP contribution in [0.1, 0.15) is 45.7 Å². The number of aromatic carboxylic acids is 2. The van der Waals surface area contributed by atoms with Gasteiger partial charge in [0.1, 0.15) is 0 Å². The van der Waals surface area contributed by atoms with Crippen molar-refractivity contribution >= 4 is 57.1 Å². The maximum Gasteiger partial charge on any atom is 1.00 e. The van der Waals surface area contributed by atoms with Gasteiger partial charge in [-0.2, -0.15) is 19.9 Å². The van der Waals surface area contributed by atoms with Crippen LogP contribution in [0.3, 0.4) is 0 Å². The molecular formula is C50H38N8Na2O8S2. The first-order chi connectivity index (χ1) is 33.1. The molecule has 10 rings (SSSR count). The number of H-pyrrole nitrogens is 2. The number of carboxylic acid groups (broad SMARTS) is 2. The molecule has 0 atom stereocenters. The van der Waals surface area contributed by atoms with Gasteiger partial charge in [0.15, 0.2) is 11.6 Å². The van der Waals surface area contributed by atoms with Gasteiger partial charge < -0.3 is 29.3 Å². The molecule has 0 aliphatic rings. The van der Waals surface area contributed by atoms with Crippen molar-refractivity contribution in [3.05, 3.63) is 175 Å². The molecule has 0 saturated heterocycles. The molecule has 0 spiro atoms.